The van der Waals surface area contributed by atoms with Gasteiger partial charge in [0.15, 0.2) is 11.5 Å². The molecule has 1 fully saturated rings. The zero-order chi connectivity index (χ0) is 21.0. The first-order chi connectivity index (χ1) is 13.9. The van der Waals surface area contributed by atoms with Crippen molar-refractivity contribution in [3.63, 3.8) is 0 Å². The Balaban J connectivity index is 1.82. The van der Waals surface area contributed by atoms with Crippen LogP contribution < -0.4 is 9.47 Å². The summed E-state index contributed by atoms with van der Waals surface area (Å²) in [5.41, 5.74) is 1.27. The number of carbonyl (C=O) groups excluding carboxylic acids is 3. The fourth-order valence-corrected chi connectivity index (χ4v) is 3.52. The van der Waals surface area contributed by atoms with E-state index in [9.17, 15) is 18.8 Å². The van der Waals surface area contributed by atoms with Crippen LogP contribution in [0, 0.1) is 5.82 Å². The van der Waals surface area contributed by atoms with E-state index < -0.39 is 17.1 Å². The smallest absolute Gasteiger partial charge is 0.308 e. The molecular formula is C21H18FNO5S. The van der Waals surface area contributed by atoms with Gasteiger partial charge in [-0.1, -0.05) is 18.2 Å². The highest BCUT2D eigenvalue weighted by atomic mass is 32.2. The summed E-state index contributed by atoms with van der Waals surface area (Å²) in [6.45, 7) is 3.52. The molecule has 2 aromatic rings. The molecule has 1 aliphatic heterocycles. The minimum Gasteiger partial charge on any atom is -0.490 e. The molecule has 1 heterocycles. The van der Waals surface area contributed by atoms with Gasteiger partial charge in [-0.3, -0.25) is 19.3 Å². The lowest BCUT2D eigenvalue weighted by atomic mass is 10.1. The number of halogens is 1. The Kier molecular flexibility index (Phi) is 6.33. The van der Waals surface area contributed by atoms with Crippen LogP contribution in [0.2, 0.25) is 0 Å². The molecule has 2 amide bonds. The van der Waals surface area contributed by atoms with Crippen LogP contribution >= 0.6 is 11.8 Å². The Bertz CT molecular complexity index is 987. The van der Waals surface area contributed by atoms with Crippen molar-refractivity contribution in [3.8, 4) is 11.5 Å². The van der Waals surface area contributed by atoms with Crippen molar-refractivity contribution in [2.45, 2.75) is 20.4 Å². The van der Waals surface area contributed by atoms with E-state index in [0.29, 0.717) is 23.5 Å². The molecule has 0 radical (unpaired) electrons. The third kappa shape index (κ3) is 5.03. The van der Waals surface area contributed by atoms with Gasteiger partial charge in [0, 0.05) is 6.92 Å². The van der Waals surface area contributed by atoms with Crippen LogP contribution in [-0.4, -0.2) is 28.6 Å². The molecule has 8 heteroatoms. The molecule has 1 aliphatic rings. The number of esters is 1. The van der Waals surface area contributed by atoms with Crippen LogP contribution in [-0.2, 0) is 16.1 Å². The lowest BCUT2D eigenvalue weighted by Gasteiger charge is -2.12. The molecule has 3 rings (SSSR count). The van der Waals surface area contributed by atoms with Gasteiger partial charge in [0.05, 0.1) is 18.1 Å². The third-order valence-corrected chi connectivity index (χ3v) is 4.85. The number of benzene rings is 2. The highest BCUT2D eigenvalue weighted by Crippen LogP contribution is 2.35. The summed E-state index contributed by atoms with van der Waals surface area (Å²) < 4.78 is 23.6. The lowest BCUT2D eigenvalue weighted by molar-refractivity contribution is -0.132. The molecule has 29 heavy (non-hydrogen) atoms. The summed E-state index contributed by atoms with van der Waals surface area (Å²) in [5, 5.41) is -0.396. The van der Waals surface area contributed by atoms with Gasteiger partial charge in [-0.05, 0) is 60.2 Å². The van der Waals surface area contributed by atoms with Crippen molar-refractivity contribution < 1.29 is 28.2 Å². The molecule has 150 valence electrons. The summed E-state index contributed by atoms with van der Waals surface area (Å²) in [7, 11) is 0. The van der Waals surface area contributed by atoms with E-state index in [0.717, 1.165) is 16.7 Å². The van der Waals surface area contributed by atoms with Crippen molar-refractivity contribution in [3.05, 3.63) is 64.3 Å². The number of amides is 2. The Morgan fingerprint density at radius 2 is 1.86 bits per heavy atom. The first-order valence-corrected chi connectivity index (χ1v) is 9.64. The molecule has 2 aromatic carbocycles. The number of hydrogen-bond donors (Lipinski definition) is 0. The lowest BCUT2D eigenvalue weighted by Crippen LogP contribution is -2.27. The number of imide groups is 1. The summed E-state index contributed by atoms with van der Waals surface area (Å²) in [6, 6.07) is 10.5. The van der Waals surface area contributed by atoms with Gasteiger partial charge in [0.1, 0.15) is 5.82 Å². The predicted molar refractivity (Wildman–Crippen MR) is 107 cm³/mol. The van der Waals surface area contributed by atoms with Crippen molar-refractivity contribution >= 4 is 35.0 Å². The van der Waals surface area contributed by atoms with Gasteiger partial charge in [-0.15, -0.1) is 0 Å². The van der Waals surface area contributed by atoms with Crippen molar-refractivity contribution in [2.75, 3.05) is 6.61 Å². The standard InChI is InChI=1S/C21H18FNO5S/c1-3-27-18-10-15(6-9-17(18)28-13(2)24)11-19-20(25)23(21(26)29-19)12-14-4-7-16(22)8-5-14/h4-11H,3,12H2,1-2H3/b19-11-. The fourth-order valence-electron chi connectivity index (χ4n) is 2.68. The molecule has 0 bridgehead atoms. The number of hydrogen-bond acceptors (Lipinski definition) is 6. The first-order valence-electron chi connectivity index (χ1n) is 8.82. The molecule has 0 aromatic heterocycles. The Hall–Kier alpha value is -3.13. The van der Waals surface area contributed by atoms with Crippen LogP contribution in [0.3, 0.4) is 0 Å². The largest absolute Gasteiger partial charge is 0.490 e. The monoisotopic (exact) mass is 415 g/mol. The fraction of sp³-hybridized carbons (Fsp3) is 0.190. The zero-order valence-corrected chi connectivity index (χ0v) is 16.6. The van der Waals surface area contributed by atoms with Gasteiger partial charge in [0.25, 0.3) is 11.1 Å². The zero-order valence-electron chi connectivity index (χ0n) is 15.8. The molecule has 0 atom stereocenters. The Morgan fingerprint density at radius 3 is 2.52 bits per heavy atom. The second-order valence-corrected chi connectivity index (χ2v) is 7.12. The average molecular weight is 415 g/mol. The second kappa shape index (κ2) is 8.91. The maximum absolute atomic E-state index is 13.0. The van der Waals surface area contributed by atoms with E-state index in [1.165, 1.54) is 31.2 Å². The summed E-state index contributed by atoms with van der Waals surface area (Å²) >= 11 is 0.831. The quantitative estimate of drug-likeness (QED) is 0.396. The Morgan fingerprint density at radius 1 is 1.14 bits per heavy atom. The molecule has 0 N–H and O–H groups in total. The van der Waals surface area contributed by atoms with E-state index in [2.05, 4.69) is 0 Å². The minimum atomic E-state index is -0.472. The van der Waals surface area contributed by atoms with Gasteiger partial charge in [-0.25, -0.2) is 4.39 Å². The number of rotatable bonds is 6. The molecule has 1 saturated heterocycles. The van der Waals surface area contributed by atoms with E-state index in [1.807, 2.05) is 0 Å². The number of carbonyl (C=O) groups is 3. The predicted octanol–water partition coefficient (Wildman–Crippen LogP) is 4.39. The number of thioether (sulfide) groups is 1. The van der Waals surface area contributed by atoms with Gasteiger partial charge < -0.3 is 9.47 Å². The molecule has 0 aliphatic carbocycles. The molecular weight excluding hydrogens is 397 g/mol. The van der Waals surface area contributed by atoms with Gasteiger partial charge in [-0.2, -0.15) is 0 Å². The number of ether oxygens (including phenoxy) is 2. The molecule has 0 unspecified atom stereocenters. The summed E-state index contributed by atoms with van der Waals surface area (Å²) in [5.74, 6) is -0.639. The van der Waals surface area contributed by atoms with E-state index in [4.69, 9.17) is 9.47 Å². The van der Waals surface area contributed by atoms with Crippen molar-refractivity contribution in [1.82, 2.24) is 4.90 Å². The van der Waals surface area contributed by atoms with Crippen LogP contribution in [0.15, 0.2) is 47.4 Å². The maximum Gasteiger partial charge on any atom is 0.308 e. The molecule has 0 saturated carbocycles. The highest BCUT2D eigenvalue weighted by molar-refractivity contribution is 8.18. The normalized spacial score (nSPS) is 15.1. The number of nitrogens with zero attached hydrogens (tertiary/aromatic N) is 1. The van der Waals surface area contributed by atoms with Gasteiger partial charge >= 0.3 is 5.97 Å². The first kappa shape index (κ1) is 20.6. The van der Waals surface area contributed by atoms with E-state index in [1.54, 1.807) is 31.2 Å². The summed E-state index contributed by atoms with van der Waals surface area (Å²) in [6.07, 6.45) is 1.58. The minimum absolute atomic E-state index is 0.0673. The SMILES string of the molecule is CCOc1cc(/C=C2\SC(=O)N(Cc3ccc(F)cc3)C2=O)ccc1OC(C)=O. The second-order valence-electron chi connectivity index (χ2n) is 6.13. The van der Waals surface area contributed by atoms with Gasteiger partial charge in [0.2, 0.25) is 0 Å². The summed E-state index contributed by atoms with van der Waals surface area (Å²) in [4.78, 5) is 37.5. The molecule has 6 nitrogen and oxygen atoms in total. The Labute approximate surface area is 171 Å². The van der Waals surface area contributed by atoms with Crippen LogP contribution in [0.4, 0.5) is 9.18 Å². The third-order valence-electron chi connectivity index (χ3n) is 3.95. The van der Waals surface area contributed by atoms with Crippen molar-refractivity contribution in [2.24, 2.45) is 0 Å². The van der Waals surface area contributed by atoms with Crippen LogP contribution in [0.1, 0.15) is 25.0 Å². The maximum atomic E-state index is 13.0. The highest BCUT2D eigenvalue weighted by Gasteiger charge is 2.35. The van der Waals surface area contributed by atoms with E-state index >= 15 is 0 Å². The average Bonchev–Trinajstić information content (AvgIpc) is 2.93. The van der Waals surface area contributed by atoms with Crippen molar-refractivity contribution in [1.29, 1.82) is 0 Å². The van der Waals surface area contributed by atoms with Crippen LogP contribution in [0.25, 0.3) is 6.08 Å². The van der Waals surface area contributed by atoms with Crippen LogP contribution in [0.5, 0.6) is 11.5 Å². The van der Waals surface area contributed by atoms with E-state index in [-0.39, 0.29) is 23.0 Å². The topological polar surface area (TPSA) is 72.9 Å². The molecule has 0 spiro atoms.